The van der Waals surface area contributed by atoms with Gasteiger partial charge in [-0.15, -0.1) is 0 Å². The molecule has 7 heteroatoms. The third-order valence-electron chi connectivity index (χ3n) is 6.29. The number of ether oxygens (including phenoxy) is 1. The maximum absolute atomic E-state index is 12.8. The van der Waals surface area contributed by atoms with Crippen LogP contribution >= 0.6 is 0 Å². The van der Waals surface area contributed by atoms with E-state index in [-0.39, 0.29) is 18.1 Å². The number of likely N-dealkylation sites (N-methyl/N-ethyl adjacent to an activating group) is 1. The topological polar surface area (TPSA) is 60.1 Å². The van der Waals surface area contributed by atoms with Crippen molar-refractivity contribution in [2.24, 2.45) is 0 Å². The van der Waals surface area contributed by atoms with Gasteiger partial charge in [0.05, 0.1) is 6.04 Å². The molecule has 0 spiro atoms. The summed E-state index contributed by atoms with van der Waals surface area (Å²) in [7, 11) is 3.92. The number of hydrogen-bond donors (Lipinski definition) is 2. The highest BCUT2D eigenvalue weighted by Crippen LogP contribution is 2.16. The van der Waals surface area contributed by atoms with Crippen molar-refractivity contribution in [1.29, 1.82) is 0 Å². The van der Waals surface area contributed by atoms with Crippen molar-refractivity contribution < 1.29 is 9.53 Å². The summed E-state index contributed by atoms with van der Waals surface area (Å²) in [6.07, 6.45) is 3.09. The minimum Gasteiger partial charge on any atom is -0.385 e. The number of nitrogens with zero attached hydrogens (tertiary/aromatic N) is 3. The van der Waals surface area contributed by atoms with Crippen molar-refractivity contribution in [3.8, 4) is 0 Å². The molecule has 30 heavy (non-hydrogen) atoms. The number of urea groups is 1. The summed E-state index contributed by atoms with van der Waals surface area (Å²) in [6.45, 7) is 9.07. The molecule has 0 saturated carbocycles. The Bertz CT molecular complexity index is 613. The van der Waals surface area contributed by atoms with Crippen molar-refractivity contribution in [2.75, 3.05) is 73.1 Å². The summed E-state index contributed by atoms with van der Waals surface area (Å²) < 4.78 is 5.14. The van der Waals surface area contributed by atoms with Crippen LogP contribution in [0.1, 0.15) is 30.9 Å². The SMILES string of the molecule is COCCCN1CCC(NC(=O)NC(CN2CCN(C)CC2)c2ccccc2)CC1. The van der Waals surface area contributed by atoms with E-state index in [2.05, 4.69) is 44.5 Å². The molecular weight excluding hydrogens is 378 g/mol. The number of amides is 2. The average Bonchev–Trinajstić information content (AvgIpc) is 2.77. The van der Waals surface area contributed by atoms with E-state index in [1.54, 1.807) is 7.11 Å². The average molecular weight is 418 g/mol. The summed E-state index contributed by atoms with van der Waals surface area (Å²) >= 11 is 0. The zero-order valence-corrected chi connectivity index (χ0v) is 18.7. The number of benzene rings is 1. The van der Waals surface area contributed by atoms with Crippen LogP contribution in [0.3, 0.4) is 0 Å². The van der Waals surface area contributed by atoms with E-state index in [9.17, 15) is 4.79 Å². The van der Waals surface area contributed by atoms with Crippen molar-refractivity contribution in [2.45, 2.75) is 31.3 Å². The normalized spacial score (nSPS) is 20.7. The molecule has 2 aliphatic rings. The molecule has 1 atom stereocenters. The van der Waals surface area contributed by atoms with Crippen molar-refractivity contribution >= 4 is 6.03 Å². The molecule has 2 saturated heterocycles. The fourth-order valence-electron chi connectivity index (χ4n) is 4.33. The van der Waals surface area contributed by atoms with Crippen LogP contribution in [0.2, 0.25) is 0 Å². The Morgan fingerprint density at radius 2 is 1.77 bits per heavy atom. The molecule has 1 unspecified atom stereocenters. The quantitative estimate of drug-likeness (QED) is 0.600. The monoisotopic (exact) mass is 417 g/mol. The van der Waals surface area contributed by atoms with Crippen molar-refractivity contribution in [3.05, 3.63) is 35.9 Å². The van der Waals surface area contributed by atoms with Crippen LogP contribution in [0.25, 0.3) is 0 Å². The Morgan fingerprint density at radius 1 is 1.07 bits per heavy atom. The Morgan fingerprint density at radius 3 is 2.43 bits per heavy atom. The van der Waals surface area contributed by atoms with Crippen LogP contribution < -0.4 is 10.6 Å². The lowest BCUT2D eigenvalue weighted by molar-refractivity contribution is 0.140. The first kappa shape index (κ1) is 23.0. The molecule has 2 N–H and O–H groups in total. The van der Waals surface area contributed by atoms with Crippen molar-refractivity contribution in [3.63, 3.8) is 0 Å². The Balaban J connectivity index is 1.47. The molecule has 3 rings (SSSR count). The van der Waals surface area contributed by atoms with Gasteiger partial charge in [0.15, 0.2) is 0 Å². The van der Waals surface area contributed by atoms with Gasteiger partial charge in [0.25, 0.3) is 0 Å². The van der Waals surface area contributed by atoms with E-state index < -0.39 is 0 Å². The molecule has 1 aromatic carbocycles. The highest BCUT2D eigenvalue weighted by molar-refractivity contribution is 5.74. The first-order valence-electron chi connectivity index (χ1n) is 11.4. The van der Waals surface area contributed by atoms with E-state index in [1.165, 1.54) is 5.56 Å². The van der Waals surface area contributed by atoms with Gasteiger partial charge in [-0.25, -0.2) is 4.79 Å². The third kappa shape index (κ3) is 7.54. The second kappa shape index (κ2) is 12.2. The zero-order chi connectivity index (χ0) is 21.2. The fraction of sp³-hybridized carbons (Fsp3) is 0.696. The number of likely N-dealkylation sites (tertiary alicyclic amines) is 1. The predicted molar refractivity (Wildman–Crippen MR) is 121 cm³/mol. The molecule has 2 fully saturated rings. The molecule has 2 heterocycles. The lowest BCUT2D eigenvalue weighted by Crippen LogP contribution is -2.51. The fourth-order valence-corrected chi connectivity index (χ4v) is 4.33. The number of carbonyl (C=O) groups is 1. The number of rotatable bonds is 9. The summed E-state index contributed by atoms with van der Waals surface area (Å²) in [4.78, 5) is 20.1. The predicted octanol–water partition coefficient (Wildman–Crippen LogP) is 1.78. The Hall–Kier alpha value is -1.67. The number of piperazine rings is 1. The van der Waals surface area contributed by atoms with E-state index in [1.807, 2.05) is 18.2 Å². The smallest absolute Gasteiger partial charge is 0.315 e. The number of carbonyl (C=O) groups excluding carboxylic acids is 1. The minimum atomic E-state index is -0.0455. The molecule has 0 aliphatic carbocycles. The van der Waals surface area contributed by atoms with Gasteiger partial charge < -0.3 is 25.2 Å². The molecule has 7 nitrogen and oxygen atoms in total. The van der Waals surface area contributed by atoms with Crippen LogP contribution in [-0.2, 0) is 4.74 Å². The van der Waals surface area contributed by atoms with Gasteiger partial charge in [-0.3, -0.25) is 4.90 Å². The van der Waals surface area contributed by atoms with Gasteiger partial charge in [0.2, 0.25) is 0 Å². The molecular formula is C23H39N5O2. The molecule has 0 bridgehead atoms. The van der Waals surface area contributed by atoms with E-state index in [4.69, 9.17) is 4.74 Å². The Labute approximate surface area is 181 Å². The summed E-state index contributed by atoms with van der Waals surface area (Å²) in [6, 6.07) is 10.6. The number of piperidine rings is 1. The van der Waals surface area contributed by atoms with Gasteiger partial charge in [-0.1, -0.05) is 30.3 Å². The summed E-state index contributed by atoms with van der Waals surface area (Å²) in [5.41, 5.74) is 1.17. The summed E-state index contributed by atoms with van der Waals surface area (Å²) in [5.74, 6) is 0. The van der Waals surface area contributed by atoms with E-state index >= 15 is 0 Å². The highest BCUT2D eigenvalue weighted by atomic mass is 16.5. The van der Waals surface area contributed by atoms with Crippen molar-refractivity contribution in [1.82, 2.24) is 25.3 Å². The van der Waals surface area contributed by atoms with Gasteiger partial charge in [-0.05, 0) is 31.9 Å². The van der Waals surface area contributed by atoms with Crippen LogP contribution in [0.15, 0.2) is 30.3 Å². The largest absolute Gasteiger partial charge is 0.385 e. The number of hydrogen-bond acceptors (Lipinski definition) is 5. The molecule has 2 aliphatic heterocycles. The lowest BCUT2D eigenvalue weighted by atomic mass is 10.0. The Kier molecular flexibility index (Phi) is 9.39. The molecule has 2 amide bonds. The highest BCUT2D eigenvalue weighted by Gasteiger charge is 2.24. The van der Waals surface area contributed by atoms with Crippen LogP contribution in [0, 0.1) is 0 Å². The number of nitrogens with one attached hydrogen (secondary N) is 2. The van der Waals surface area contributed by atoms with Gasteiger partial charge in [0, 0.05) is 72.1 Å². The third-order valence-corrected chi connectivity index (χ3v) is 6.29. The van der Waals surface area contributed by atoms with Crippen LogP contribution in [-0.4, -0.2) is 99.9 Å². The molecule has 1 aromatic rings. The van der Waals surface area contributed by atoms with Gasteiger partial charge in [-0.2, -0.15) is 0 Å². The standard InChI is InChI=1S/C23H39N5O2/c1-26-14-16-28(17-15-26)19-22(20-7-4-3-5-8-20)25-23(29)24-21-9-12-27(13-10-21)11-6-18-30-2/h3-5,7-8,21-22H,6,9-19H2,1-2H3,(H2,24,25,29). The zero-order valence-electron chi connectivity index (χ0n) is 18.7. The lowest BCUT2D eigenvalue weighted by Gasteiger charge is -2.35. The second-order valence-corrected chi connectivity index (χ2v) is 8.65. The molecule has 168 valence electrons. The molecule has 0 aromatic heterocycles. The first-order chi connectivity index (χ1) is 14.6. The first-order valence-corrected chi connectivity index (χ1v) is 11.4. The maximum atomic E-state index is 12.8. The summed E-state index contributed by atoms with van der Waals surface area (Å²) in [5, 5.41) is 6.48. The maximum Gasteiger partial charge on any atom is 0.315 e. The minimum absolute atomic E-state index is 0.00346. The number of methoxy groups -OCH3 is 1. The van der Waals surface area contributed by atoms with E-state index in [0.29, 0.717) is 0 Å². The van der Waals surface area contributed by atoms with E-state index in [0.717, 1.165) is 78.2 Å². The second-order valence-electron chi connectivity index (χ2n) is 8.65. The molecule has 0 radical (unpaired) electrons. The van der Waals surface area contributed by atoms with Crippen LogP contribution in [0.5, 0.6) is 0 Å². The van der Waals surface area contributed by atoms with Gasteiger partial charge in [0.1, 0.15) is 0 Å². The van der Waals surface area contributed by atoms with Crippen LogP contribution in [0.4, 0.5) is 4.79 Å². The van der Waals surface area contributed by atoms with Gasteiger partial charge >= 0.3 is 6.03 Å².